The molecule has 104 valence electrons. The van der Waals surface area contributed by atoms with Crippen molar-refractivity contribution < 1.29 is 19.4 Å². The summed E-state index contributed by atoms with van der Waals surface area (Å²) < 4.78 is 9.98. The predicted molar refractivity (Wildman–Crippen MR) is 70.1 cm³/mol. The van der Waals surface area contributed by atoms with Crippen LogP contribution in [0.15, 0.2) is 18.2 Å². The highest BCUT2D eigenvalue weighted by molar-refractivity contribution is 5.64. The van der Waals surface area contributed by atoms with E-state index in [1.54, 1.807) is 0 Å². The molecule has 0 saturated carbocycles. The average molecular weight is 265 g/mol. The first-order valence-corrected chi connectivity index (χ1v) is 6.50. The summed E-state index contributed by atoms with van der Waals surface area (Å²) in [5.74, 6) is 0.735. The van der Waals surface area contributed by atoms with E-state index in [1.807, 2.05) is 12.1 Å². The Hall–Kier alpha value is -1.75. The fourth-order valence-corrected chi connectivity index (χ4v) is 2.22. The van der Waals surface area contributed by atoms with Gasteiger partial charge in [-0.25, -0.2) is 4.79 Å². The van der Waals surface area contributed by atoms with E-state index in [9.17, 15) is 9.90 Å². The highest BCUT2D eigenvalue weighted by atomic mass is 16.6. The molecule has 1 aliphatic rings. The number of hydrogen-bond acceptors (Lipinski definition) is 4. The van der Waals surface area contributed by atoms with Gasteiger partial charge in [-0.3, -0.25) is 0 Å². The number of carbonyl (C=O) groups excluding carboxylic acids is 1. The summed E-state index contributed by atoms with van der Waals surface area (Å²) in [4.78, 5) is 10.4. The molecule has 5 heteroatoms. The van der Waals surface area contributed by atoms with Crippen molar-refractivity contribution in [2.75, 3.05) is 13.2 Å². The molecule has 0 heterocycles. The summed E-state index contributed by atoms with van der Waals surface area (Å²) in [6.07, 6.45) is 2.91. The normalized spacial score (nSPS) is 15.4. The van der Waals surface area contributed by atoms with Crippen LogP contribution in [0, 0.1) is 0 Å². The smallest absolute Gasteiger partial charge is 0.404 e. The zero-order valence-corrected chi connectivity index (χ0v) is 10.8. The predicted octanol–water partition coefficient (Wildman–Crippen LogP) is 1.40. The van der Waals surface area contributed by atoms with Gasteiger partial charge in [-0.2, -0.15) is 0 Å². The van der Waals surface area contributed by atoms with Crippen LogP contribution in [0.3, 0.4) is 0 Å². The number of benzene rings is 1. The first-order chi connectivity index (χ1) is 9.15. The van der Waals surface area contributed by atoms with Gasteiger partial charge >= 0.3 is 6.09 Å². The van der Waals surface area contributed by atoms with Gasteiger partial charge in [-0.15, -0.1) is 0 Å². The number of fused-ring (bicyclic) bond motifs is 1. The van der Waals surface area contributed by atoms with Crippen molar-refractivity contribution >= 4 is 6.09 Å². The number of nitrogens with two attached hydrogens (primary N) is 1. The molecule has 1 amide bonds. The molecule has 0 saturated heterocycles. The molecule has 3 N–H and O–H groups in total. The Kier molecular flexibility index (Phi) is 4.63. The van der Waals surface area contributed by atoms with Crippen LogP contribution in [0.25, 0.3) is 0 Å². The lowest BCUT2D eigenvalue weighted by Gasteiger charge is -2.17. The molecule has 0 fully saturated rings. The lowest BCUT2D eigenvalue weighted by Crippen LogP contribution is -2.27. The molecule has 1 unspecified atom stereocenters. The first-order valence-electron chi connectivity index (χ1n) is 6.50. The van der Waals surface area contributed by atoms with Crippen molar-refractivity contribution in [1.82, 2.24) is 0 Å². The van der Waals surface area contributed by atoms with Gasteiger partial charge in [0.25, 0.3) is 0 Å². The molecule has 1 aliphatic carbocycles. The maximum atomic E-state index is 10.4. The number of aryl methyl sites for hydroxylation is 2. The number of ether oxygens (including phenoxy) is 2. The summed E-state index contributed by atoms with van der Waals surface area (Å²) in [5, 5.41) is 9.54. The molecule has 1 atom stereocenters. The molecule has 1 aromatic rings. The molecule has 2 rings (SSSR count). The number of rotatable bonds is 5. The second-order valence-corrected chi connectivity index (χ2v) is 4.73. The fraction of sp³-hybridized carbons (Fsp3) is 0.500. The van der Waals surface area contributed by atoms with E-state index in [0.29, 0.717) is 0 Å². The van der Waals surface area contributed by atoms with Crippen LogP contribution in [0.4, 0.5) is 4.79 Å². The molecular weight excluding hydrogens is 246 g/mol. The molecule has 0 radical (unpaired) electrons. The van der Waals surface area contributed by atoms with Crippen LogP contribution >= 0.6 is 0 Å². The van der Waals surface area contributed by atoms with Crippen molar-refractivity contribution in [3.8, 4) is 5.75 Å². The number of amides is 1. The summed E-state index contributed by atoms with van der Waals surface area (Å²) in [6.45, 7) is -0.0770. The minimum absolute atomic E-state index is 0.0755. The lowest BCUT2D eigenvalue weighted by molar-refractivity contribution is 0.0419. The topological polar surface area (TPSA) is 81.8 Å². The number of hydrogen-bond donors (Lipinski definition) is 2. The van der Waals surface area contributed by atoms with E-state index in [1.165, 1.54) is 24.0 Å². The summed E-state index contributed by atoms with van der Waals surface area (Å²) in [6, 6.07) is 6.01. The molecule has 19 heavy (non-hydrogen) atoms. The minimum Gasteiger partial charge on any atom is -0.491 e. The Bertz CT molecular complexity index is 447. The zero-order valence-electron chi connectivity index (χ0n) is 10.8. The Labute approximate surface area is 112 Å². The van der Waals surface area contributed by atoms with Gasteiger partial charge in [0.2, 0.25) is 0 Å². The van der Waals surface area contributed by atoms with E-state index >= 15 is 0 Å². The van der Waals surface area contributed by atoms with E-state index in [2.05, 4.69) is 10.8 Å². The molecule has 0 aliphatic heterocycles. The molecule has 0 aromatic heterocycles. The highest BCUT2D eigenvalue weighted by Gasteiger charge is 2.11. The second-order valence-electron chi connectivity index (χ2n) is 4.73. The number of aliphatic hydroxyl groups excluding tert-OH is 1. The largest absolute Gasteiger partial charge is 0.491 e. The Balaban J connectivity index is 1.84. The Morgan fingerprint density at radius 3 is 2.74 bits per heavy atom. The van der Waals surface area contributed by atoms with Crippen molar-refractivity contribution in [2.24, 2.45) is 5.73 Å². The van der Waals surface area contributed by atoms with Gasteiger partial charge in [0.05, 0.1) is 0 Å². The second kappa shape index (κ2) is 6.43. The van der Waals surface area contributed by atoms with Gasteiger partial charge in [0.15, 0.2) is 0 Å². The van der Waals surface area contributed by atoms with Crippen molar-refractivity contribution in [2.45, 2.75) is 31.8 Å². The lowest BCUT2D eigenvalue weighted by atomic mass is 9.92. The molecule has 0 spiro atoms. The third-order valence-corrected chi connectivity index (χ3v) is 3.18. The Morgan fingerprint density at radius 1 is 1.26 bits per heavy atom. The maximum Gasteiger partial charge on any atom is 0.404 e. The monoisotopic (exact) mass is 265 g/mol. The van der Waals surface area contributed by atoms with Crippen LogP contribution in [-0.2, 0) is 17.6 Å². The molecular formula is C14H19NO4. The third kappa shape index (κ3) is 4.13. The minimum atomic E-state index is -0.896. The van der Waals surface area contributed by atoms with Gasteiger partial charge in [0, 0.05) is 0 Å². The molecule has 0 bridgehead atoms. The number of aliphatic hydroxyl groups is 1. The van der Waals surface area contributed by atoms with Crippen LogP contribution in [-0.4, -0.2) is 30.5 Å². The van der Waals surface area contributed by atoms with Crippen LogP contribution in [0.2, 0.25) is 0 Å². The van der Waals surface area contributed by atoms with Crippen molar-refractivity contribution in [3.63, 3.8) is 0 Å². The van der Waals surface area contributed by atoms with Crippen molar-refractivity contribution in [3.05, 3.63) is 29.3 Å². The van der Waals surface area contributed by atoms with E-state index in [0.717, 1.165) is 18.6 Å². The van der Waals surface area contributed by atoms with E-state index in [4.69, 9.17) is 10.5 Å². The first kappa shape index (κ1) is 13.7. The standard InChI is InChI=1S/C14H19NO4/c15-14(17)19-9-12(16)8-18-13-6-5-10-3-1-2-4-11(10)7-13/h5-7,12,16H,1-4,8-9H2,(H2,15,17). The highest BCUT2D eigenvalue weighted by Crippen LogP contribution is 2.25. The van der Waals surface area contributed by atoms with Gasteiger partial charge in [-0.1, -0.05) is 6.07 Å². The fourth-order valence-electron chi connectivity index (χ4n) is 2.22. The summed E-state index contributed by atoms with van der Waals surface area (Å²) >= 11 is 0. The van der Waals surface area contributed by atoms with Crippen molar-refractivity contribution in [1.29, 1.82) is 0 Å². The van der Waals surface area contributed by atoms with Crippen LogP contribution < -0.4 is 10.5 Å². The van der Waals surface area contributed by atoms with E-state index in [-0.39, 0.29) is 13.2 Å². The third-order valence-electron chi connectivity index (χ3n) is 3.18. The van der Waals surface area contributed by atoms with Gasteiger partial charge in [-0.05, 0) is 48.9 Å². The quantitative estimate of drug-likeness (QED) is 0.843. The van der Waals surface area contributed by atoms with Gasteiger partial charge in [0.1, 0.15) is 25.1 Å². The average Bonchev–Trinajstić information content (AvgIpc) is 2.42. The van der Waals surface area contributed by atoms with Gasteiger partial charge < -0.3 is 20.3 Å². The number of primary amides is 1. The molecule has 5 nitrogen and oxygen atoms in total. The SMILES string of the molecule is NC(=O)OCC(O)COc1ccc2c(c1)CCCC2. The maximum absolute atomic E-state index is 10.4. The number of carbonyl (C=O) groups is 1. The van der Waals surface area contributed by atoms with E-state index < -0.39 is 12.2 Å². The zero-order chi connectivity index (χ0) is 13.7. The summed E-state index contributed by atoms with van der Waals surface area (Å²) in [5.41, 5.74) is 7.52. The van der Waals surface area contributed by atoms with Crippen LogP contribution in [0.5, 0.6) is 5.75 Å². The Morgan fingerprint density at radius 2 is 2.00 bits per heavy atom. The molecule has 1 aromatic carbocycles. The van der Waals surface area contributed by atoms with Crippen LogP contribution in [0.1, 0.15) is 24.0 Å². The summed E-state index contributed by atoms with van der Waals surface area (Å²) in [7, 11) is 0.